The number of hydrogen-bond acceptors (Lipinski definition) is 4. The topological polar surface area (TPSA) is 70.4 Å². The molecule has 0 aliphatic heterocycles. The normalized spacial score (nSPS) is 19.3. The lowest BCUT2D eigenvalue weighted by molar-refractivity contribution is -0.138. The van der Waals surface area contributed by atoms with E-state index in [4.69, 9.17) is 16.6 Å². The second-order valence-corrected chi connectivity index (χ2v) is 13.4. The first kappa shape index (κ1) is 30.3. The summed E-state index contributed by atoms with van der Waals surface area (Å²) in [5, 5.41) is 21.8. The number of nitrogens with zero attached hydrogens (tertiary/aromatic N) is 1. The van der Waals surface area contributed by atoms with Crippen LogP contribution in [0, 0.1) is 5.41 Å². The second-order valence-electron chi connectivity index (χ2n) is 11.7. The summed E-state index contributed by atoms with van der Waals surface area (Å²) in [6.07, 6.45) is 4.56. The van der Waals surface area contributed by atoms with Crippen molar-refractivity contribution in [3.8, 4) is 0 Å². The Bertz CT molecular complexity index is 1620. The monoisotopic (exact) mass is 603 g/mol. The van der Waals surface area contributed by atoms with Crippen molar-refractivity contribution in [2.75, 3.05) is 5.75 Å². The van der Waals surface area contributed by atoms with Crippen molar-refractivity contribution < 1.29 is 19.4 Å². The number of aliphatic carboxylic acids is 1. The number of aromatic nitrogens is 1. The molecule has 218 valence electrons. The summed E-state index contributed by atoms with van der Waals surface area (Å²) in [7, 11) is 0. The Morgan fingerprint density at radius 2 is 1.88 bits per heavy atom. The van der Waals surface area contributed by atoms with Crippen LogP contribution in [0.5, 0.6) is 0 Å². The van der Waals surface area contributed by atoms with Gasteiger partial charge >= 0.3 is 5.97 Å². The Balaban J connectivity index is 1.38. The molecule has 0 amide bonds. The molecular weight excluding hydrogens is 569 g/mol. The third kappa shape index (κ3) is 7.41. The number of halogens is 2. The number of benzene rings is 3. The summed E-state index contributed by atoms with van der Waals surface area (Å²) in [6.45, 7) is 3.58. The molecule has 1 unspecified atom stereocenters. The number of aryl methyl sites for hydroxylation is 1. The fourth-order valence-corrected chi connectivity index (χ4v) is 7.18. The van der Waals surface area contributed by atoms with Gasteiger partial charge in [-0.1, -0.05) is 78.3 Å². The first-order chi connectivity index (χ1) is 20.0. The highest BCUT2D eigenvalue weighted by atomic mass is 35.5. The molecule has 1 heterocycles. The average molecular weight is 604 g/mol. The predicted octanol–water partition coefficient (Wildman–Crippen LogP) is 8.90. The van der Waals surface area contributed by atoms with Gasteiger partial charge in [-0.15, -0.1) is 0 Å². The lowest BCUT2D eigenvalue weighted by Gasteiger charge is -2.24. The van der Waals surface area contributed by atoms with Crippen LogP contribution in [0.1, 0.15) is 66.3 Å². The van der Waals surface area contributed by atoms with E-state index in [1.165, 1.54) is 0 Å². The fourth-order valence-electron chi connectivity index (χ4n) is 5.46. The summed E-state index contributed by atoms with van der Waals surface area (Å²) in [6, 6.07) is 25.8. The Hall–Kier alpha value is -3.19. The number of rotatable bonds is 12. The van der Waals surface area contributed by atoms with Crippen molar-refractivity contribution in [1.82, 2.24) is 4.98 Å². The molecule has 0 spiro atoms. The summed E-state index contributed by atoms with van der Waals surface area (Å²) >= 11 is 7.79. The number of aliphatic hydroxyl groups is 1. The van der Waals surface area contributed by atoms with E-state index >= 15 is 0 Å². The van der Waals surface area contributed by atoms with Crippen LogP contribution in [0.15, 0.2) is 78.9 Å². The van der Waals surface area contributed by atoms with Crippen LogP contribution in [0.25, 0.3) is 23.1 Å². The molecule has 1 aromatic heterocycles. The van der Waals surface area contributed by atoms with Crippen LogP contribution < -0.4 is 0 Å². The largest absolute Gasteiger partial charge is 0.481 e. The van der Waals surface area contributed by atoms with E-state index in [2.05, 4.69) is 12.1 Å². The molecule has 0 saturated heterocycles. The standard InChI is InChI=1S/C35H35ClFNO3S/c1-34(2,41)29-9-4-3-7-24(29)13-17-31(42-22-35(20-32(35)37)21-33(39)40)26-8-5-6-23(18-26)10-15-28-16-12-25-11-14-27(36)19-30(25)38-28/h3-12,14-16,18-19,31-32,41H,13,17,20-22H2,1-2H3,(H,39,40)/b15-10+/t31-,32+,35?/m1/s1. The van der Waals surface area contributed by atoms with Gasteiger partial charge in [0.2, 0.25) is 0 Å². The van der Waals surface area contributed by atoms with Crippen LogP contribution in [-0.4, -0.2) is 33.1 Å². The summed E-state index contributed by atoms with van der Waals surface area (Å²) in [5.41, 5.74) is 3.98. The molecule has 4 aromatic rings. The summed E-state index contributed by atoms with van der Waals surface area (Å²) in [4.78, 5) is 16.2. The van der Waals surface area contributed by atoms with Crippen LogP contribution in [-0.2, 0) is 16.8 Å². The number of carboxylic acids is 1. The number of alkyl halides is 1. The van der Waals surface area contributed by atoms with E-state index in [-0.39, 0.29) is 11.7 Å². The molecule has 5 rings (SSSR count). The molecule has 7 heteroatoms. The first-order valence-corrected chi connectivity index (χ1v) is 15.6. The van der Waals surface area contributed by atoms with E-state index in [1.54, 1.807) is 25.6 Å². The summed E-state index contributed by atoms with van der Waals surface area (Å²) in [5.74, 6) is -0.509. The van der Waals surface area contributed by atoms with Gasteiger partial charge in [0, 0.05) is 26.8 Å². The quantitative estimate of drug-likeness (QED) is 0.169. The molecule has 1 fully saturated rings. The highest BCUT2D eigenvalue weighted by Crippen LogP contribution is 2.55. The van der Waals surface area contributed by atoms with Gasteiger partial charge in [-0.2, -0.15) is 11.8 Å². The van der Waals surface area contributed by atoms with E-state index in [9.17, 15) is 19.4 Å². The van der Waals surface area contributed by atoms with Crippen LogP contribution >= 0.6 is 23.4 Å². The predicted molar refractivity (Wildman–Crippen MR) is 172 cm³/mol. The first-order valence-electron chi connectivity index (χ1n) is 14.1. The highest BCUT2D eigenvalue weighted by molar-refractivity contribution is 7.99. The van der Waals surface area contributed by atoms with Crippen molar-refractivity contribution in [3.05, 3.63) is 112 Å². The molecule has 1 saturated carbocycles. The van der Waals surface area contributed by atoms with Gasteiger partial charge in [0.05, 0.1) is 23.2 Å². The molecule has 42 heavy (non-hydrogen) atoms. The molecule has 3 aromatic carbocycles. The van der Waals surface area contributed by atoms with Gasteiger partial charge in [-0.25, -0.2) is 9.37 Å². The van der Waals surface area contributed by atoms with E-state index in [1.807, 2.05) is 78.9 Å². The fraction of sp³-hybridized carbons (Fsp3) is 0.314. The Morgan fingerprint density at radius 3 is 2.62 bits per heavy atom. The van der Waals surface area contributed by atoms with E-state index < -0.39 is 23.2 Å². The number of fused-ring (bicyclic) bond motifs is 1. The van der Waals surface area contributed by atoms with Crippen molar-refractivity contribution in [3.63, 3.8) is 0 Å². The minimum atomic E-state index is -1.07. The molecule has 1 aliphatic carbocycles. The van der Waals surface area contributed by atoms with Crippen LogP contribution in [0.2, 0.25) is 5.02 Å². The van der Waals surface area contributed by atoms with Crippen LogP contribution in [0.4, 0.5) is 4.39 Å². The molecule has 0 bridgehead atoms. The van der Waals surface area contributed by atoms with Crippen molar-refractivity contribution in [2.45, 2.75) is 56.6 Å². The molecule has 4 nitrogen and oxygen atoms in total. The van der Waals surface area contributed by atoms with E-state index in [0.717, 1.165) is 51.7 Å². The van der Waals surface area contributed by atoms with Crippen molar-refractivity contribution in [1.29, 1.82) is 0 Å². The van der Waals surface area contributed by atoms with Gasteiger partial charge < -0.3 is 10.2 Å². The van der Waals surface area contributed by atoms with Gasteiger partial charge in [-0.05, 0) is 79.6 Å². The maximum atomic E-state index is 14.4. The Labute approximate surface area is 255 Å². The smallest absolute Gasteiger partial charge is 0.304 e. The minimum absolute atomic E-state index is 0.0209. The maximum absolute atomic E-state index is 14.4. The van der Waals surface area contributed by atoms with Gasteiger partial charge in [0.1, 0.15) is 6.17 Å². The molecule has 1 aliphatic rings. The number of carboxylic acid groups (broad SMARTS) is 1. The zero-order valence-electron chi connectivity index (χ0n) is 23.8. The number of pyridine rings is 1. The zero-order chi connectivity index (χ0) is 29.9. The third-order valence-electron chi connectivity index (χ3n) is 7.92. The van der Waals surface area contributed by atoms with Gasteiger partial charge in [0.25, 0.3) is 0 Å². The lowest BCUT2D eigenvalue weighted by Crippen LogP contribution is -2.18. The highest BCUT2D eigenvalue weighted by Gasteiger charge is 2.56. The third-order valence-corrected chi connectivity index (χ3v) is 9.81. The number of thioether (sulfide) groups is 1. The maximum Gasteiger partial charge on any atom is 0.304 e. The minimum Gasteiger partial charge on any atom is -0.481 e. The Morgan fingerprint density at radius 1 is 1.12 bits per heavy atom. The van der Waals surface area contributed by atoms with Crippen molar-refractivity contribution >= 4 is 52.4 Å². The second kappa shape index (κ2) is 12.6. The molecule has 3 atom stereocenters. The SMILES string of the molecule is CC(C)(O)c1ccccc1CC[C@@H](SCC1(CC(=O)O)C[C@@H]1F)c1cccc(/C=C/c2ccc3ccc(Cl)cc3n2)c1. The Kier molecular flexibility index (Phi) is 9.07. The molecule has 0 radical (unpaired) electrons. The van der Waals surface area contributed by atoms with Gasteiger partial charge in [0.15, 0.2) is 0 Å². The lowest BCUT2D eigenvalue weighted by atomic mass is 9.90. The van der Waals surface area contributed by atoms with Gasteiger partial charge in [-0.3, -0.25) is 4.79 Å². The number of hydrogen-bond donors (Lipinski definition) is 2. The summed E-state index contributed by atoms with van der Waals surface area (Å²) < 4.78 is 14.4. The molecule has 2 N–H and O–H groups in total. The average Bonchev–Trinajstić information content (AvgIpc) is 3.58. The van der Waals surface area contributed by atoms with E-state index in [0.29, 0.717) is 17.2 Å². The zero-order valence-corrected chi connectivity index (χ0v) is 25.3. The van der Waals surface area contributed by atoms with Crippen molar-refractivity contribution in [2.24, 2.45) is 5.41 Å². The molecular formula is C35H35ClFNO3S. The van der Waals surface area contributed by atoms with Crippen LogP contribution in [0.3, 0.4) is 0 Å². The number of carbonyl (C=O) groups is 1.